The molecule has 1 N–H and O–H groups in total. The van der Waals surface area contributed by atoms with E-state index in [1.54, 1.807) is 0 Å². The van der Waals surface area contributed by atoms with Gasteiger partial charge in [-0.05, 0) is 42.5 Å². The van der Waals surface area contributed by atoms with Crippen LogP contribution in [0.1, 0.15) is 43.9 Å². The fourth-order valence-corrected chi connectivity index (χ4v) is 3.43. The average Bonchev–Trinajstić information content (AvgIpc) is 2.52. The van der Waals surface area contributed by atoms with Crippen LogP contribution in [0.4, 0.5) is 26.3 Å². The van der Waals surface area contributed by atoms with Crippen molar-refractivity contribution in [3.05, 3.63) is 34.9 Å². The Bertz CT molecular complexity index is 719. The van der Waals surface area contributed by atoms with E-state index >= 15 is 0 Å². The molecule has 2 unspecified atom stereocenters. The fraction of sp³-hybridized carbons (Fsp3) is 0.600. The molecule has 156 valence electrons. The second-order valence-corrected chi connectivity index (χ2v) is 8.16. The van der Waals surface area contributed by atoms with Gasteiger partial charge in [0.2, 0.25) is 0 Å². The minimum atomic E-state index is -4.89. The van der Waals surface area contributed by atoms with Gasteiger partial charge in [-0.15, -0.1) is 0 Å². The van der Waals surface area contributed by atoms with Crippen molar-refractivity contribution < 1.29 is 31.4 Å². The van der Waals surface area contributed by atoms with Crippen LogP contribution in [0.3, 0.4) is 0 Å². The van der Waals surface area contributed by atoms with Gasteiger partial charge in [0.25, 0.3) is 0 Å². The van der Waals surface area contributed by atoms with E-state index in [0.717, 1.165) is 6.42 Å². The first kappa shape index (κ1) is 22.6. The summed E-state index contributed by atoms with van der Waals surface area (Å²) in [6, 6.07) is 1.31. The Morgan fingerprint density at radius 1 is 1.00 bits per heavy atom. The van der Waals surface area contributed by atoms with Crippen molar-refractivity contribution >= 4 is 0 Å². The highest BCUT2D eigenvalue weighted by Gasteiger charge is 2.37. The summed E-state index contributed by atoms with van der Waals surface area (Å²) >= 11 is 0. The van der Waals surface area contributed by atoms with Gasteiger partial charge in [-0.25, -0.2) is 0 Å². The van der Waals surface area contributed by atoms with Crippen LogP contribution < -0.4 is 0 Å². The SMILES string of the molecule is CC(C)(C)C1CCN(CC#Cc2cc(C(F)(F)F)cc(C(F)(F)F)c2)CC1O. The zero-order valence-corrected chi connectivity index (χ0v) is 15.9. The number of hydrogen-bond donors (Lipinski definition) is 1. The molecule has 1 aromatic rings. The summed E-state index contributed by atoms with van der Waals surface area (Å²) in [4.78, 5) is 1.85. The molecular weight excluding hydrogens is 384 g/mol. The van der Waals surface area contributed by atoms with Crippen molar-refractivity contribution in [2.24, 2.45) is 11.3 Å². The zero-order chi connectivity index (χ0) is 21.3. The monoisotopic (exact) mass is 407 g/mol. The lowest BCUT2D eigenvalue weighted by atomic mass is 9.74. The molecule has 0 bridgehead atoms. The molecule has 1 heterocycles. The van der Waals surface area contributed by atoms with Crippen LogP contribution in [0.5, 0.6) is 0 Å². The maximum atomic E-state index is 12.9. The second-order valence-electron chi connectivity index (χ2n) is 8.16. The van der Waals surface area contributed by atoms with Crippen LogP contribution in [0, 0.1) is 23.2 Å². The predicted octanol–water partition coefficient (Wildman–Crippen LogP) is 4.80. The number of aliphatic hydroxyl groups is 1. The smallest absolute Gasteiger partial charge is 0.391 e. The summed E-state index contributed by atoms with van der Waals surface area (Å²) in [6.45, 7) is 7.31. The molecule has 0 amide bonds. The maximum absolute atomic E-state index is 12.9. The minimum absolute atomic E-state index is 0.0524. The van der Waals surface area contributed by atoms with Crippen molar-refractivity contribution in [2.45, 2.75) is 45.6 Å². The maximum Gasteiger partial charge on any atom is 0.416 e. The third kappa shape index (κ3) is 5.89. The highest BCUT2D eigenvalue weighted by Crippen LogP contribution is 2.36. The van der Waals surface area contributed by atoms with E-state index in [-0.39, 0.29) is 29.5 Å². The van der Waals surface area contributed by atoms with Gasteiger partial charge in [0.05, 0.1) is 23.8 Å². The number of β-amino-alcohol motifs (C(OH)–C–C–N with tert-alkyl or cyclic N) is 1. The fourth-order valence-electron chi connectivity index (χ4n) is 3.43. The third-order valence-electron chi connectivity index (χ3n) is 4.90. The van der Waals surface area contributed by atoms with Gasteiger partial charge < -0.3 is 5.11 Å². The van der Waals surface area contributed by atoms with Gasteiger partial charge in [0, 0.05) is 12.1 Å². The molecule has 0 spiro atoms. The van der Waals surface area contributed by atoms with Crippen molar-refractivity contribution in [2.75, 3.05) is 19.6 Å². The van der Waals surface area contributed by atoms with Crippen molar-refractivity contribution in [1.29, 1.82) is 0 Å². The van der Waals surface area contributed by atoms with Gasteiger partial charge in [-0.1, -0.05) is 32.6 Å². The number of hydrogen-bond acceptors (Lipinski definition) is 2. The normalized spacial score (nSPS) is 21.9. The quantitative estimate of drug-likeness (QED) is 0.534. The first-order valence-corrected chi connectivity index (χ1v) is 8.86. The number of nitrogens with zero attached hydrogens (tertiary/aromatic N) is 1. The molecule has 0 aliphatic carbocycles. The van der Waals surface area contributed by atoms with Crippen molar-refractivity contribution in [3.8, 4) is 11.8 Å². The van der Waals surface area contributed by atoms with Gasteiger partial charge >= 0.3 is 12.4 Å². The first-order chi connectivity index (χ1) is 12.7. The first-order valence-electron chi connectivity index (χ1n) is 8.86. The van der Waals surface area contributed by atoms with Crippen molar-refractivity contribution in [1.82, 2.24) is 4.90 Å². The van der Waals surface area contributed by atoms with E-state index in [1.165, 1.54) is 0 Å². The van der Waals surface area contributed by atoms with Crippen LogP contribution in [-0.4, -0.2) is 35.7 Å². The standard InChI is InChI=1S/C20H23F6NO/c1-18(2,3)16-6-8-27(12-17(16)28)7-4-5-13-9-14(19(21,22)23)11-15(10-13)20(24,25)26/h9-11,16-17,28H,6-8,12H2,1-3H3. The second kappa shape index (κ2) is 7.96. The predicted molar refractivity (Wildman–Crippen MR) is 93.3 cm³/mol. The van der Waals surface area contributed by atoms with Crippen LogP contribution >= 0.6 is 0 Å². The van der Waals surface area contributed by atoms with E-state index in [2.05, 4.69) is 11.8 Å². The lowest BCUT2D eigenvalue weighted by Crippen LogP contribution is -2.48. The number of alkyl halides is 6. The molecule has 1 aliphatic heterocycles. The minimum Gasteiger partial charge on any atom is -0.391 e. The number of piperidine rings is 1. The van der Waals surface area contributed by atoms with Gasteiger partial charge in [-0.3, -0.25) is 4.90 Å². The molecule has 0 radical (unpaired) electrons. The largest absolute Gasteiger partial charge is 0.416 e. The molecule has 28 heavy (non-hydrogen) atoms. The number of rotatable bonds is 1. The molecule has 2 atom stereocenters. The van der Waals surface area contributed by atoms with Crippen LogP contribution in [-0.2, 0) is 12.4 Å². The highest BCUT2D eigenvalue weighted by molar-refractivity contribution is 5.42. The number of aliphatic hydroxyl groups excluding tert-OH is 1. The summed E-state index contributed by atoms with van der Waals surface area (Å²) in [7, 11) is 0. The Labute approximate surface area is 160 Å². The number of benzene rings is 1. The molecule has 1 aromatic carbocycles. The molecule has 8 heteroatoms. The molecule has 0 aromatic heterocycles. The lowest BCUT2D eigenvalue weighted by molar-refractivity contribution is -0.143. The number of halogens is 6. The molecule has 2 rings (SSSR count). The van der Waals surface area contributed by atoms with E-state index in [9.17, 15) is 31.4 Å². The topological polar surface area (TPSA) is 23.5 Å². The van der Waals surface area contributed by atoms with Crippen LogP contribution in [0.25, 0.3) is 0 Å². The summed E-state index contributed by atoms with van der Waals surface area (Å²) < 4.78 is 77.2. The molecule has 1 aliphatic rings. The Kier molecular flexibility index (Phi) is 6.41. The highest BCUT2D eigenvalue weighted by atomic mass is 19.4. The number of likely N-dealkylation sites (tertiary alicyclic amines) is 1. The summed E-state index contributed by atoms with van der Waals surface area (Å²) in [5, 5.41) is 10.3. The molecule has 0 saturated carbocycles. The van der Waals surface area contributed by atoms with Crippen LogP contribution in [0.15, 0.2) is 18.2 Å². The molecule has 1 saturated heterocycles. The summed E-state index contributed by atoms with van der Waals surface area (Å²) in [6.07, 6.45) is -9.59. The van der Waals surface area contributed by atoms with Crippen molar-refractivity contribution in [3.63, 3.8) is 0 Å². The Morgan fingerprint density at radius 3 is 1.96 bits per heavy atom. The lowest BCUT2D eigenvalue weighted by Gasteiger charge is -2.41. The Balaban J connectivity index is 2.14. The van der Waals surface area contributed by atoms with E-state index < -0.39 is 29.6 Å². The van der Waals surface area contributed by atoms with Gasteiger partial charge in [-0.2, -0.15) is 26.3 Å². The Morgan fingerprint density at radius 2 is 1.54 bits per heavy atom. The average molecular weight is 407 g/mol. The molecule has 1 fully saturated rings. The van der Waals surface area contributed by atoms with E-state index in [0.29, 0.717) is 25.2 Å². The van der Waals surface area contributed by atoms with Gasteiger partial charge in [0.1, 0.15) is 0 Å². The van der Waals surface area contributed by atoms with E-state index in [1.807, 2.05) is 25.7 Å². The third-order valence-corrected chi connectivity index (χ3v) is 4.90. The van der Waals surface area contributed by atoms with E-state index in [4.69, 9.17) is 0 Å². The summed E-state index contributed by atoms with van der Waals surface area (Å²) in [5.41, 5.74) is -3.16. The Hall–Kier alpha value is -1.72. The molecular formula is C20H23F6NO. The molecule has 2 nitrogen and oxygen atoms in total. The van der Waals surface area contributed by atoms with Crippen LogP contribution in [0.2, 0.25) is 0 Å². The zero-order valence-electron chi connectivity index (χ0n) is 15.9. The summed E-state index contributed by atoms with van der Waals surface area (Å²) in [5.74, 6) is 5.15. The van der Waals surface area contributed by atoms with Gasteiger partial charge in [0.15, 0.2) is 0 Å².